The van der Waals surface area contributed by atoms with Crippen LogP contribution in [0.15, 0.2) is 24.3 Å². The van der Waals surface area contributed by atoms with Gasteiger partial charge in [0, 0.05) is 0 Å². The highest BCUT2D eigenvalue weighted by atomic mass is 16.5. The molecule has 3 N–H and O–H groups in total. The standard InChI is InChI=1S/C11H12N4O3/c1-18-11-13-10(14-15-11)12-9(17)6-7-3-2-4-8(16)5-7/h2-5,16H,6H2,1H3,(H2,12,13,14,15,17). The van der Waals surface area contributed by atoms with Crippen LogP contribution in [0.25, 0.3) is 0 Å². The van der Waals surface area contributed by atoms with Crippen LogP contribution < -0.4 is 10.1 Å². The minimum absolute atomic E-state index is 0.127. The highest BCUT2D eigenvalue weighted by Crippen LogP contribution is 2.12. The number of carbonyl (C=O) groups is 1. The minimum Gasteiger partial charge on any atom is -0.508 e. The fourth-order valence-corrected chi connectivity index (χ4v) is 1.42. The average molecular weight is 248 g/mol. The van der Waals surface area contributed by atoms with Gasteiger partial charge in [-0.3, -0.25) is 10.1 Å². The maximum Gasteiger partial charge on any atom is 0.336 e. The summed E-state index contributed by atoms with van der Waals surface area (Å²) >= 11 is 0. The summed E-state index contributed by atoms with van der Waals surface area (Å²) in [6.07, 6.45) is 0.136. The zero-order valence-electron chi connectivity index (χ0n) is 9.67. The molecule has 2 rings (SSSR count). The van der Waals surface area contributed by atoms with Crippen molar-refractivity contribution in [3.63, 3.8) is 0 Å². The number of benzene rings is 1. The number of nitrogens with zero attached hydrogens (tertiary/aromatic N) is 2. The van der Waals surface area contributed by atoms with Crippen LogP contribution in [0.5, 0.6) is 11.8 Å². The number of carbonyl (C=O) groups excluding carboxylic acids is 1. The number of methoxy groups -OCH3 is 1. The van der Waals surface area contributed by atoms with Crippen molar-refractivity contribution in [1.29, 1.82) is 0 Å². The number of aromatic hydroxyl groups is 1. The molecule has 0 saturated carbocycles. The molecule has 0 aliphatic rings. The lowest BCUT2D eigenvalue weighted by molar-refractivity contribution is -0.115. The molecule has 2 aromatic rings. The first kappa shape index (κ1) is 11.9. The number of hydrogen-bond acceptors (Lipinski definition) is 5. The number of anilines is 1. The second-order valence-corrected chi connectivity index (χ2v) is 3.57. The van der Waals surface area contributed by atoms with Crippen molar-refractivity contribution in [2.24, 2.45) is 0 Å². The molecule has 0 radical (unpaired) electrons. The largest absolute Gasteiger partial charge is 0.508 e. The number of amides is 1. The van der Waals surface area contributed by atoms with E-state index in [1.54, 1.807) is 18.2 Å². The Morgan fingerprint density at radius 2 is 2.39 bits per heavy atom. The molecule has 0 spiro atoms. The Kier molecular flexibility index (Phi) is 3.42. The maximum atomic E-state index is 11.7. The molecular formula is C11H12N4O3. The van der Waals surface area contributed by atoms with Crippen LogP contribution in [-0.2, 0) is 11.2 Å². The number of ether oxygens (including phenoxy) is 1. The van der Waals surface area contributed by atoms with Crippen LogP contribution in [0.4, 0.5) is 5.95 Å². The molecule has 0 bridgehead atoms. The average Bonchev–Trinajstić information content (AvgIpc) is 2.76. The van der Waals surface area contributed by atoms with Gasteiger partial charge in [0.1, 0.15) is 5.75 Å². The van der Waals surface area contributed by atoms with Crippen molar-refractivity contribution < 1.29 is 14.6 Å². The smallest absolute Gasteiger partial charge is 0.336 e. The molecule has 1 aromatic carbocycles. The minimum atomic E-state index is -0.264. The Labute approximate surface area is 103 Å². The number of nitrogens with one attached hydrogen (secondary N) is 2. The van der Waals surface area contributed by atoms with Gasteiger partial charge in [0.15, 0.2) is 0 Å². The fourth-order valence-electron chi connectivity index (χ4n) is 1.42. The molecule has 0 atom stereocenters. The lowest BCUT2D eigenvalue weighted by Crippen LogP contribution is -2.15. The summed E-state index contributed by atoms with van der Waals surface area (Å²) in [5.74, 6) is 0.0815. The second-order valence-electron chi connectivity index (χ2n) is 3.57. The van der Waals surface area contributed by atoms with E-state index in [1.165, 1.54) is 13.2 Å². The van der Waals surface area contributed by atoms with Gasteiger partial charge in [0.05, 0.1) is 13.5 Å². The van der Waals surface area contributed by atoms with Crippen LogP contribution in [0.1, 0.15) is 5.56 Å². The van der Waals surface area contributed by atoms with Crippen LogP contribution >= 0.6 is 0 Å². The number of aromatic amines is 1. The summed E-state index contributed by atoms with van der Waals surface area (Å²) in [6.45, 7) is 0. The number of hydrogen-bond donors (Lipinski definition) is 3. The fraction of sp³-hybridized carbons (Fsp3) is 0.182. The molecule has 7 heteroatoms. The molecule has 0 saturated heterocycles. The quantitative estimate of drug-likeness (QED) is 0.739. The molecule has 1 amide bonds. The molecule has 7 nitrogen and oxygen atoms in total. The molecule has 0 aliphatic carbocycles. The number of rotatable bonds is 4. The molecule has 1 aromatic heterocycles. The lowest BCUT2D eigenvalue weighted by atomic mass is 10.1. The van der Waals surface area contributed by atoms with Crippen molar-refractivity contribution >= 4 is 11.9 Å². The zero-order valence-corrected chi connectivity index (χ0v) is 9.67. The number of phenols is 1. The molecule has 0 unspecified atom stereocenters. The van der Waals surface area contributed by atoms with E-state index in [0.29, 0.717) is 5.56 Å². The van der Waals surface area contributed by atoms with Crippen LogP contribution in [0, 0.1) is 0 Å². The Morgan fingerprint density at radius 3 is 3.06 bits per heavy atom. The van der Waals surface area contributed by atoms with E-state index < -0.39 is 0 Å². The third kappa shape index (κ3) is 2.97. The van der Waals surface area contributed by atoms with Crippen LogP contribution in [-0.4, -0.2) is 33.3 Å². The van der Waals surface area contributed by atoms with E-state index >= 15 is 0 Å². The Hall–Kier alpha value is -2.57. The Bertz CT molecular complexity index is 553. The van der Waals surface area contributed by atoms with E-state index in [9.17, 15) is 9.90 Å². The van der Waals surface area contributed by atoms with Gasteiger partial charge in [-0.15, -0.1) is 5.10 Å². The predicted octanol–water partition coefficient (Wildman–Crippen LogP) is 0.700. The monoisotopic (exact) mass is 248 g/mol. The Morgan fingerprint density at radius 1 is 1.56 bits per heavy atom. The van der Waals surface area contributed by atoms with Gasteiger partial charge in [0.2, 0.25) is 11.9 Å². The molecule has 0 aliphatic heterocycles. The highest BCUT2D eigenvalue weighted by molar-refractivity contribution is 5.90. The Balaban J connectivity index is 1.96. The first-order valence-electron chi connectivity index (χ1n) is 5.21. The van der Waals surface area contributed by atoms with Gasteiger partial charge in [-0.05, 0) is 17.7 Å². The van der Waals surface area contributed by atoms with Gasteiger partial charge in [-0.1, -0.05) is 12.1 Å². The van der Waals surface area contributed by atoms with Crippen LogP contribution in [0.3, 0.4) is 0 Å². The van der Waals surface area contributed by atoms with E-state index in [4.69, 9.17) is 4.74 Å². The lowest BCUT2D eigenvalue weighted by Gasteiger charge is -2.02. The van der Waals surface area contributed by atoms with Gasteiger partial charge < -0.3 is 9.84 Å². The summed E-state index contributed by atoms with van der Waals surface area (Å²) in [7, 11) is 1.43. The van der Waals surface area contributed by atoms with E-state index in [0.717, 1.165) is 0 Å². The number of H-pyrrole nitrogens is 1. The number of aromatic nitrogens is 3. The molecule has 1 heterocycles. The first-order chi connectivity index (χ1) is 8.67. The van der Waals surface area contributed by atoms with Crippen molar-refractivity contribution in [3.05, 3.63) is 29.8 Å². The summed E-state index contributed by atoms with van der Waals surface area (Å²) in [4.78, 5) is 15.5. The highest BCUT2D eigenvalue weighted by Gasteiger charge is 2.08. The topological polar surface area (TPSA) is 100 Å². The van der Waals surface area contributed by atoms with Gasteiger partial charge in [-0.2, -0.15) is 4.98 Å². The SMILES string of the molecule is COc1n[nH]c(NC(=O)Cc2cccc(O)c2)n1. The summed E-state index contributed by atoms with van der Waals surface area (Å²) in [6, 6.07) is 6.65. The number of phenolic OH excluding ortho intramolecular Hbond substituents is 1. The van der Waals surface area contributed by atoms with Gasteiger partial charge in [-0.25, -0.2) is 5.10 Å². The van der Waals surface area contributed by atoms with Crippen LogP contribution in [0.2, 0.25) is 0 Å². The third-order valence-corrected chi connectivity index (χ3v) is 2.18. The van der Waals surface area contributed by atoms with Crippen molar-refractivity contribution in [2.45, 2.75) is 6.42 Å². The first-order valence-corrected chi connectivity index (χ1v) is 5.21. The van der Waals surface area contributed by atoms with Gasteiger partial charge >= 0.3 is 6.01 Å². The zero-order chi connectivity index (χ0) is 13.0. The van der Waals surface area contributed by atoms with Crippen molar-refractivity contribution in [3.8, 4) is 11.8 Å². The second kappa shape index (κ2) is 5.17. The van der Waals surface area contributed by atoms with E-state index in [2.05, 4.69) is 20.5 Å². The van der Waals surface area contributed by atoms with E-state index in [-0.39, 0.29) is 30.0 Å². The molecule has 94 valence electrons. The molecule has 0 fully saturated rings. The molecular weight excluding hydrogens is 236 g/mol. The maximum absolute atomic E-state index is 11.7. The van der Waals surface area contributed by atoms with E-state index in [1.807, 2.05) is 0 Å². The van der Waals surface area contributed by atoms with Crippen molar-refractivity contribution in [1.82, 2.24) is 15.2 Å². The molecule has 18 heavy (non-hydrogen) atoms. The summed E-state index contributed by atoms with van der Waals surface area (Å²) < 4.78 is 4.77. The summed E-state index contributed by atoms with van der Waals surface area (Å²) in [5, 5.41) is 18.0. The third-order valence-electron chi connectivity index (χ3n) is 2.18. The van der Waals surface area contributed by atoms with Crippen molar-refractivity contribution in [2.75, 3.05) is 12.4 Å². The van der Waals surface area contributed by atoms with Gasteiger partial charge in [0.25, 0.3) is 0 Å². The summed E-state index contributed by atoms with van der Waals surface area (Å²) in [5.41, 5.74) is 0.707. The predicted molar refractivity (Wildman–Crippen MR) is 63.4 cm³/mol. The normalized spacial score (nSPS) is 10.1.